The van der Waals surface area contributed by atoms with E-state index in [4.69, 9.17) is 0 Å². The zero-order valence-corrected chi connectivity index (χ0v) is 9.88. The Bertz CT molecular complexity index is 541. The van der Waals surface area contributed by atoms with Crippen LogP contribution in [0.25, 0.3) is 0 Å². The first-order valence-electron chi connectivity index (χ1n) is 5.39. The van der Waals surface area contributed by atoms with Crippen molar-refractivity contribution in [3.63, 3.8) is 0 Å². The van der Waals surface area contributed by atoms with E-state index in [0.717, 1.165) is 17.9 Å². The van der Waals surface area contributed by atoms with Crippen LogP contribution < -0.4 is 9.67 Å². The second-order valence-corrected chi connectivity index (χ2v) is 4.07. The highest BCUT2D eigenvalue weighted by atomic mass is 16.4. The van der Waals surface area contributed by atoms with E-state index in [1.807, 2.05) is 43.1 Å². The molecule has 0 bridgehead atoms. The highest BCUT2D eigenvalue weighted by Gasteiger charge is 2.08. The van der Waals surface area contributed by atoms with Crippen molar-refractivity contribution in [1.29, 1.82) is 0 Å². The summed E-state index contributed by atoms with van der Waals surface area (Å²) in [5.74, 6) is 0.00840. The summed E-state index contributed by atoms with van der Waals surface area (Å²) in [6.07, 6.45) is 3.99. The zero-order chi connectivity index (χ0) is 12.4. The molecule has 17 heavy (non-hydrogen) atoms. The molecule has 0 atom stereocenters. The molecule has 1 heterocycles. The maximum absolute atomic E-state index is 10.6. The molecule has 0 radical (unpaired) electrons. The van der Waals surface area contributed by atoms with E-state index in [2.05, 4.69) is 4.57 Å². The third-order valence-electron chi connectivity index (χ3n) is 2.94. The predicted molar refractivity (Wildman–Crippen MR) is 60.2 cm³/mol. The number of carboxylic acids is 1. The van der Waals surface area contributed by atoms with Gasteiger partial charge in [0.1, 0.15) is 18.9 Å². The average Bonchev–Trinajstić information content (AvgIpc) is 2.62. The lowest BCUT2D eigenvalue weighted by Crippen LogP contribution is -2.29. The molecular formula is C13H14N2O2. The molecule has 0 spiro atoms. The van der Waals surface area contributed by atoms with Gasteiger partial charge >= 0.3 is 0 Å². The summed E-state index contributed by atoms with van der Waals surface area (Å²) in [5, 5.41) is 10.6. The Labute approximate surface area is 99.8 Å². The number of hydrogen-bond acceptors (Lipinski definition) is 2. The van der Waals surface area contributed by atoms with E-state index in [0.29, 0.717) is 0 Å². The fraction of sp³-hybridized carbons (Fsp3) is 0.231. The molecule has 2 aromatic rings. The number of imidazole rings is 1. The molecule has 4 nitrogen and oxygen atoms in total. The van der Waals surface area contributed by atoms with E-state index < -0.39 is 5.97 Å². The third-order valence-corrected chi connectivity index (χ3v) is 2.94. The molecule has 1 aromatic heterocycles. The highest BCUT2D eigenvalue weighted by molar-refractivity contribution is 5.85. The van der Waals surface area contributed by atoms with Crippen LogP contribution in [0.15, 0.2) is 36.7 Å². The van der Waals surface area contributed by atoms with Crippen molar-refractivity contribution in [2.45, 2.75) is 13.5 Å². The minimum absolute atomic E-state index is 0.212. The van der Waals surface area contributed by atoms with Crippen molar-refractivity contribution in [1.82, 2.24) is 4.57 Å². The van der Waals surface area contributed by atoms with Gasteiger partial charge in [-0.15, -0.1) is 0 Å². The summed E-state index contributed by atoms with van der Waals surface area (Å²) < 4.78 is 4.14. The van der Waals surface area contributed by atoms with Crippen LogP contribution in [-0.4, -0.2) is 10.5 Å². The lowest BCUT2D eigenvalue weighted by atomic mass is 10.1. The standard InChI is InChI=1S/C13H14N2O2/c1-10-14(2)7-8-15(10)9-11-3-5-12(6-4-11)13(16)17/h3-8H,9H2,1-2H3. The summed E-state index contributed by atoms with van der Waals surface area (Å²) in [5.41, 5.74) is 1.28. The largest absolute Gasteiger partial charge is 0.545 e. The van der Waals surface area contributed by atoms with Crippen LogP contribution >= 0.6 is 0 Å². The first kappa shape index (κ1) is 11.4. The summed E-state index contributed by atoms with van der Waals surface area (Å²) >= 11 is 0. The number of nitrogens with zero attached hydrogens (tertiary/aromatic N) is 2. The van der Waals surface area contributed by atoms with Gasteiger partial charge in [0.25, 0.3) is 5.82 Å². The van der Waals surface area contributed by atoms with E-state index >= 15 is 0 Å². The van der Waals surface area contributed by atoms with Crippen LogP contribution in [-0.2, 0) is 13.6 Å². The van der Waals surface area contributed by atoms with E-state index in [1.165, 1.54) is 0 Å². The SMILES string of the molecule is Cc1n(Cc2ccc(C(=O)[O-])cc2)cc[n+]1C. The van der Waals surface area contributed by atoms with Gasteiger partial charge in [0, 0.05) is 6.92 Å². The van der Waals surface area contributed by atoms with Crippen LogP contribution in [0.1, 0.15) is 21.7 Å². The van der Waals surface area contributed by atoms with Crippen molar-refractivity contribution in [2.75, 3.05) is 0 Å². The van der Waals surface area contributed by atoms with Gasteiger partial charge < -0.3 is 9.90 Å². The molecule has 0 saturated carbocycles. The Morgan fingerprint density at radius 1 is 1.35 bits per heavy atom. The van der Waals surface area contributed by atoms with Crippen molar-refractivity contribution in [3.8, 4) is 0 Å². The minimum atomic E-state index is -1.14. The fourth-order valence-electron chi connectivity index (χ4n) is 1.71. The number of carbonyl (C=O) groups excluding carboxylic acids is 1. The lowest BCUT2D eigenvalue weighted by Gasteiger charge is -2.04. The number of benzene rings is 1. The van der Waals surface area contributed by atoms with Gasteiger partial charge in [0.2, 0.25) is 0 Å². The maximum Gasteiger partial charge on any atom is 0.253 e. The van der Waals surface area contributed by atoms with Crippen LogP contribution in [0.3, 0.4) is 0 Å². The summed E-state index contributed by atoms with van der Waals surface area (Å²) in [4.78, 5) is 10.6. The minimum Gasteiger partial charge on any atom is -0.545 e. The normalized spacial score (nSPS) is 10.5. The molecule has 0 aliphatic carbocycles. The van der Waals surface area contributed by atoms with Gasteiger partial charge in [-0.3, -0.25) is 0 Å². The summed E-state index contributed by atoms with van der Waals surface area (Å²) in [7, 11) is 1.99. The Hall–Kier alpha value is -2.10. The molecule has 0 aliphatic heterocycles. The lowest BCUT2D eigenvalue weighted by molar-refractivity contribution is -0.677. The first-order valence-corrected chi connectivity index (χ1v) is 5.39. The molecule has 1 aromatic carbocycles. The van der Waals surface area contributed by atoms with E-state index in [-0.39, 0.29) is 5.56 Å². The summed E-state index contributed by atoms with van der Waals surface area (Å²) in [6, 6.07) is 6.77. The second kappa shape index (κ2) is 4.41. The molecule has 0 amide bonds. The number of hydrogen-bond donors (Lipinski definition) is 0. The first-order chi connectivity index (χ1) is 8.08. The molecule has 4 heteroatoms. The quantitative estimate of drug-likeness (QED) is 0.699. The number of aryl methyl sites for hydroxylation is 1. The van der Waals surface area contributed by atoms with Crippen molar-refractivity contribution in [3.05, 3.63) is 53.6 Å². The molecule has 88 valence electrons. The number of aromatic carboxylic acids is 1. The highest BCUT2D eigenvalue weighted by Crippen LogP contribution is 2.06. The van der Waals surface area contributed by atoms with Gasteiger partial charge in [0.15, 0.2) is 0 Å². The van der Waals surface area contributed by atoms with E-state index in [9.17, 15) is 9.90 Å². The number of aromatic nitrogens is 2. The van der Waals surface area contributed by atoms with Crippen LogP contribution in [0.4, 0.5) is 0 Å². The smallest absolute Gasteiger partial charge is 0.253 e. The average molecular weight is 230 g/mol. The van der Waals surface area contributed by atoms with Crippen molar-refractivity contribution >= 4 is 5.97 Å². The fourth-order valence-corrected chi connectivity index (χ4v) is 1.71. The zero-order valence-electron chi connectivity index (χ0n) is 9.88. The monoisotopic (exact) mass is 230 g/mol. The Balaban J connectivity index is 2.19. The predicted octanol–water partition coefficient (Wildman–Crippen LogP) is 0.0328. The Morgan fingerprint density at radius 3 is 2.47 bits per heavy atom. The summed E-state index contributed by atoms with van der Waals surface area (Å²) in [6.45, 7) is 2.77. The molecule has 0 unspecified atom stereocenters. The number of carboxylic acid groups (broad SMARTS) is 1. The van der Waals surface area contributed by atoms with Crippen LogP contribution in [0.2, 0.25) is 0 Å². The van der Waals surface area contributed by atoms with Crippen molar-refractivity contribution < 1.29 is 14.5 Å². The van der Waals surface area contributed by atoms with Crippen molar-refractivity contribution in [2.24, 2.45) is 7.05 Å². The Kier molecular flexibility index (Phi) is 2.95. The number of carbonyl (C=O) groups is 1. The van der Waals surface area contributed by atoms with Gasteiger partial charge in [0.05, 0.1) is 13.0 Å². The van der Waals surface area contributed by atoms with Crippen LogP contribution in [0.5, 0.6) is 0 Å². The second-order valence-electron chi connectivity index (χ2n) is 4.07. The van der Waals surface area contributed by atoms with Gasteiger partial charge in [-0.05, 0) is 11.1 Å². The van der Waals surface area contributed by atoms with Gasteiger partial charge in [-0.25, -0.2) is 9.13 Å². The molecule has 0 aliphatic rings. The molecule has 0 N–H and O–H groups in total. The molecule has 0 saturated heterocycles. The topological polar surface area (TPSA) is 48.9 Å². The Morgan fingerprint density at radius 2 is 2.00 bits per heavy atom. The number of rotatable bonds is 3. The van der Waals surface area contributed by atoms with E-state index in [1.54, 1.807) is 12.1 Å². The molecule has 0 fully saturated rings. The van der Waals surface area contributed by atoms with Gasteiger partial charge in [-0.1, -0.05) is 24.3 Å². The molecule has 2 rings (SSSR count). The van der Waals surface area contributed by atoms with Gasteiger partial charge in [-0.2, -0.15) is 0 Å². The maximum atomic E-state index is 10.6. The van der Waals surface area contributed by atoms with Crippen LogP contribution in [0, 0.1) is 6.92 Å². The molecular weight excluding hydrogens is 216 g/mol. The third kappa shape index (κ3) is 2.36.